The molecule has 17 nitrogen and oxygen atoms in total. The van der Waals surface area contributed by atoms with Crippen molar-refractivity contribution in [3.63, 3.8) is 0 Å². The number of allylic oxidation sites excluding steroid dienone is 10. The highest BCUT2D eigenvalue weighted by Crippen LogP contribution is 2.45. The summed E-state index contributed by atoms with van der Waals surface area (Å²) in [5, 5.41) is 10.6. The number of ether oxygens (including phenoxy) is 4. The zero-order valence-corrected chi connectivity index (χ0v) is 64.3. The van der Waals surface area contributed by atoms with Crippen LogP contribution in [0.3, 0.4) is 0 Å². The number of hydrogen-bond donors (Lipinski definition) is 3. The van der Waals surface area contributed by atoms with Gasteiger partial charge in [0.05, 0.1) is 26.4 Å². The molecule has 0 aliphatic carbocycles. The lowest BCUT2D eigenvalue weighted by Gasteiger charge is -2.21. The molecule has 5 atom stereocenters. The van der Waals surface area contributed by atoms with Crippen molar-refractivity contribution in [1.29, 1.82) is 0 Å². The van der Waals surface area contributed by atoms with E-state index in [1.54, 1.807) is 0 Å². The summed E-state index contributed by atoms with van der Waals surface area (Å²) in [4.78, 5) is 72.9. The number of hydrogen-bond acceptors (Lipinski definition) is 15. The molecule has 0 spiro atoms. The first-order valence-corrected chi connectivity index (χ1v) is 42.5. The lowest BCUT2D eigenvalue weighted by atomic mass is 10.0. The molecule has 0 amide bonds. The Morgan fingerprint density at radius 2 is 0.500 bits per heavy atom. The van der Waals surface area contributed by atoms with Crippen LogP contribution in [0, 0.1) is 0 Å². The number of esters is 4. The quantitative estimate of drug-likeness (QED) is 0.0169. The summed E-state index contributed by atoms with van der Waals surface area (Å²) >= 11 is 0. The van der Waals surface area contributed by atoms with Gasteiger partial charge in [-0.1, -0.05) is 281 Å². The number of rotatable bonds is 75. The van der Waals surface area contributed by atoms with Gasteiger partial charge < -0.3 is 33.8 Å². The Morgan fingerprint density at radius 1 is 0.286 bits per heavy atom. The standard InChI is InChI=1S/C79H144O17P2/c1-5-9-13-17-21-25-29-33-36-40-44-48-52-56-60-64-77(82)90-70-75(96-79(84)66-62-58-54-50-46-42-38-35-31-27-23-19-15-11-7-3)72-94-98(87,88)92-68-73(80)67-91-97(85,86)93-71-74(69-89-76(81)63-59-55-51-47-43-39-32-28-24-20-16-12-8-4)95-78(83)65-61-57-53-49-45-41-37-34-30-26-22-18-14-10-6-2/h21-22,25-26,33-38,73-75,80H,5-20,23-24,27-32,39-72H2,1-4H3,(H,85,86)(H,87,88)/b25-21-,26-22-,36-33-,37-34-,38-35-/t73-,74+,75+/m0/s1. The Balaban J connectivity index is 5.35. The van der Waals surface area contributed by atoms with Gasteiger partial charge in [0.2, 0.25) is 0 Å². The fourth-order valence-corrected chi connectivity index (χ4v) is 12.4. The van der Waals surface area contributed by atoms with Gasteiger partial charge in [0, 0.05) is 25.7 Å². The van der Waals surface area contributed by atoms with Crippen LogP contribution in [0.15, 0.2) is 60.8 Å². The third-order valence-electron chi connectivity index (χ3n) is 17.0. The number of aliphatic hydroxyl groups is 1. The summed E-state index contributed by atoms with van der Waals surface area (Å²) in [6.45, 7) is 4.84. The van der Waals surface area contributed by atoms with E-state index < -0.39 is 97.5 Å². The minimum atomic E-state index is -4.97. The van der Waals surface area contributed by atoms with Crippen molar-refractivity contribution in [2.75, 3.05) is 39.6 Å². The van der Waals surface area contributed by atoms with Crippen LogP contribution < -0.4 is 0 Å². The molecule has 0 radical (unpaired) electrons. The van der Waals surface area contributed by atoms with Crippen molar-refractivity contribution in [2.45, 2.75) is 380 Å². The molecule has 0 heterocycles. The van der Waals surface area contributed by atoms with E-state index in [0.29, 0.717) is 25.7 Å². The van der Waals surface area contributed by atoms with Gasteiger partial charge in [-0.3, -0.25) is 37.3 Å². The third kappa shape index (κ3) is 71.2. The lowest BCUT2D eigenvalue weighted by molar-refractivity contribution is -0.161. The Kier molecular flexibility index (Phi) is 69.7. The molecule has 0 rings (SSSR count). The molecule has 0 saturated carbocycles. The maximum absolute atomic E-state index is 13.1. The maximum atomic E-state index is 13.1. The number of phosphoric acid groups is 2. The topological polar surface area (TPSA) is 237 Å². The summed E-state index contributed by atoms with van der Waals surface area (Å²) < 4.78 is 68.5. The van der Waals surface area contributed by atoms with Gasteiger partial charge in [-0.25, -0.2) is 9.13 Å². The molecule has 572 valence electrons. The highest BCUT2D eigenvalue weighted by molar-refractivity contribution is 7.47. The summed E-state index contributed by atoms with van der Waals surface area (Å²) in [6.07, 6.45) is 70.5. The number of carbonyl (C=O) groups is 4. The summed E-state index contributed by atoms with van der Waals surface area (Å²) in [6, 6.07) is 0. The average Bonchev–Trinajstić information content (AvgIpc) is 1.04. The summed E-state index contributed by atoms with van der Waals surface area (Å²) in [5.74, 6) is -2.18. The Morgan fingerprint density at radius 3 is 0.786 bits per heavy atom. The molecule has 0 aromatic rings. The van der Waals surface area contributed by atoms with Crippen LogP contribution in [-0.2, 0) is 65.4 Å². The van der Waals surface area contributed by atoms with E-state index in [4.69, 9.17) is 37.0 Å². The molecule has 0 fully saturated rings. The number of unbranched alkanes of at least 4 members (excludes halogenated alkanes) is 39. The first-order chi connectivity index (χ1) is 47.7. The highest BCUT2D eigenvalue weighted by Gasteiger charge is 2.30. The van der Waals surface area contributed by atoms with Crippen LogP contribution in [0.4, 0.5) is 0 Å². The molecule has 0 aliphatic rings. The Bertz CT molecular complexity index is 2100. The number of phosphoric ester groups is 2. The van der Waals surface area contributed by atoms with Gasteiger partial charge in [-0.2, -0.15) is 0 Å². The zero-order chi connectivity index (χ0) is 71.8. The second-order valence-corrected chi connectivity index (χ2v) is 29.6. The van der Waals surface area contributed by atoms with E-state index in [9.17, 15) is 43.2 Å². The molecular weight excluding hydrogens is 1280 g/mol. The molecule has 0 aromatic heterocycles. The first-order valence-electron chi connectivity index (χ1n) is 39.5. The molecular formula is C79H144O17P2. The average molecular weight is 1430 g/mol. The minimum Gasteiger partial charge on any atom is -0.462 e. The van der Waals surface area contributed by atoms with Crippen molar-refractivity contribution in [1.82, 2.24) is 0 Å². The molecule has 0 saturated heterocycles. The second-order valence-electron chi connectivity index (χ2n) is 26.7. The van der Waals surface area contributed by atoms with Crippen LogP contribution in [-0.4, -0.2) is 96.7 Å². The van der Waals surface area contributed by atoms with Crippen molar-refractivity contribution in [2.24, 2.45) is 0 Å². The predicted octanol–water partition coefficient (Wildman–Crippen LogP) is 22.7. The highest BCUT2D eigenvalue weighted by atomic mass is 31.2. The summed E-state index contributed by atoms with van der Waals surface area (Å²) in [5.41, 5.74) is 0. The number of carbonyl (C=O) groups excluding carboxylic acids is 4. The third-order valence-corrected chi connectivity index (χ3v) is 18.9. The van der Waals surface area contributed by atoms with Crippen LogP contribution in [0.5, 0.6) is 0 Å². The van der Waals surface area contributed by atoms with Crippen LogP contribution >= 0.6 is 15.6 Å². The normalized spacial score (nSPS) is 14.2. The van der Waals surface area contributed by atoms with E-state index in [0.717, 1.165) is 148 Å². The molecule has 98 heavy (non-hydrogen) atoms. The molecule has 3 N–H and O–H groups in total. The van der Waals surface area contributed by atoms with E-state index in [2.05, 4.69) is 88.5 Å². The monoisotopic (exact) mass is 1430 g/mol. The lowest BCUT2D eigenvalue weighted by Crippen LogP contribution is -2.30. The van der Waals surface area contributed by atoms with Gasteiger partial charge in [-0.15, -0.1) is 0 Å². The van der Waals surface area contributed by atoms with E-state index in [1.165, 1.54) is 135 Å². The SMILES string of the molecule is CCCCC/C=C\C/C=C\CCCCCCCC(=O)OC[C@H](COP(=O)(O)OC[C@@H](O)COP(=O)(O)OC[C@@H](COC(=O)CCCCCCCCCCCCCCC)OC(=O)CCCCCCC/C=C\C/C=C\CCCCC)OC(=O)CCCCCCC/C=C\CCCCCCCC. The van der Waals surface area contributed by atoms with Crippen molar-refractivity contribution in [3.8, 4) is 0 Å². The van der Waals surface area contributed by atoms with Gasteiger partial charge >= 0.3 is 39.5 Å². The fraction of sp³-hybridized carbons (Fsp3) is 0.823. The van der Waals surface area contributed by atoms with E-state index in [-0.39, 0.29) is 25.7 Å². The maximum Gasteiger partial charge on any atom is 0.472 e. The fourth-order valence-electron chi connectivity index (χ4n) is 10.9. The molecule has 0 bridgehead atoms. The smallest absolute Gasteiger partial charge is 0.462 e. The van der Waals surface area contributed by atoms with Crippen LogP contribution in [0.25, 0.3) is 0 Å². The number of aliphatic hydroxyl groups excluding tert-OH is 1. The summed E-state index contributed by atoms with van der Waals surface area (Å²) in [7, 11) is -9.95. The molecule has 0 aliphatic heterocycles. The zero-order valence-electron chi connectivity index (χ0n) is 62.5. The second kappa shape index (κ2) is 72.1. The largest absolute Gasteiger partial charge is 0.472 e. The van der Waals surface area contributed by atoms with Gasteiger partial charge in [-0.05, 0) is 116 Å². The predicted molar refractivity (Wildman–Crippen MR) is 400 cm³/mol. The minimum absolute atomic E-state index is 0.0837. The van der Waals surface area contributed by atoms with Gasteiger partial charge in [0.1, 0.15) is 19.3 Å². The van der Waals surface area contributed by atoms with Gasteiger partial charge in [0.15, 0.2) is 12.2 Å². The van der Waals surface area contributed by atoms with E-state index >= 15 is 0 Å². The van der Waals surface area contributed by atoms with Gasteiger partial charge in [0.25, 0.3) is 0 Å². The Labute approximate surface area is 597 Å². The molecule has 2 unspecified atom stereocenters. The molecule has 0 aromatic carbocycles. The van der Waals surface area contributed by atoms with E-state index in [1.807, 2.05) is 0 Å². The van der Waals surface area contributed by atoms with Crippen LogP contribution in [0.1, 0.15) is 362 Å². The van der Waals surface area contributed by atoms with Crippen molar-refractivity contribution < 1.29 is 80.2 Å². The van der Waals surface area contributed by atoms with Crippen molar-refractivity contribution in [3.05, 3.63) is 60.8 Å². The Hall–Kier alpha value is -3.24. The van der Waals surface area contributed by atoms with Crippen LogP contribution in [0.2, 0.25) is 0 Å². The molecule has 19 heteroatoms. The first kappa shape index (κ1) is 94.8. The van der Waals surface area contributed by atoms with Crippen molar-refractivity contribution >= 4 is 39.5 Å².